The number of hydrogen-bond acceptors (Lipinski definition) is 6. The van der Waals surface area contributed by atoms with Crippen molar-refractivity contribution in [3.8, 4) is 11.4 Å². The number of oxime groups is 1. The smallest absolute Gasteiger partial charge is 0.265 e. The maximum absolute atomic E-state index is 14.5. The van der Waals surface area contributed by atoms with E-state index < -0.39 is 23.0 Å². The highest BCUT2D eigenvalue weighted by Gasteiger charge is 2.59. The molecule has 194 valence electrons. The number of rotatable bonds is 5. The lowest BCUT2D eigenvalue weighted by Gasteiger charge is -2.46. The first-order chi connectivity index (χ1) is 17.5. The number of benzene rings is 2. The van der Waals surface area contributed by atoms with Crippen LogP contribution in [0.2, 0.25) is 0 Å². The first-order valence-corrected chi connectivity index (χ1v) is 12.2. The van der Waals surface area contributed by atoms with Crippen LogP contribution < -0.4 is 4.74 Å². The normalized spacial score (nSPS) is 20.6. The first kappa shape index (κ1) is 25.0. The Morgan fingerprint density at radius 2 is 1.97 bits per heavy atom. The van der Waals surface area contributed by atoms with Gasteiger partial charge in [-0.1, -0.05) is 11.2 Å². The molecule has 1 atom stereocenters. The third kappa shape index (κ3) is 4.07. The molecule has 0 saturated carbocycles. The van der Waals surface area contributed by atoms with Crippen molar-refractivity contribution in [2.75, 3.05) is 13.7 Å². The zero-order valence-corrected chi connectivity index (χ0v) is 21.5. The summed E-state index contributed by atoms with van der Waals surface area (Å²) in [6.45, 7) is 7.11. The van der Waals surface area contributed by atoms with Gasteiger partial charge < -0.3 is 24.1 Å². The van der Waals surface area contributed by atoms with E-state index in [0.29, 0.717) is 23.7 Å². The van der Waals surface area contributed by atoms with Crippen molar-refractivity contribution in [1.29, 1.82) is 0 Å². The van der Waals surface area contributed by atoms with Crippen molar-refractivity contribution < 1.29 is 23.5 Å². The molecule has 2 aliphatic rings. The second-order valence-corrected chi connectivity index (χ2v) is 10.1. The third-order valence-electron chi connectivity index (χ3n) is 6.98. The van der Waals surface area contributed by atoms with Crippen LogP contribution in [0.15, 0.2) is 53.6 Å². The highest BCUT2D eigenvalue weighted by Crippen LogP contribution is 2.47. The van der Waals surface area contributed by atoms with E-state index in [0.717, 1.165) is 41.4 Å². The van der Waals surface area contributed by atoms with E-state index in [-0.39, 0.29) is 5.56 Å². The zero-order chi connectivity index (χ0) is 26.5. The quantitative estimate of drug-likeness (QED) is 0.512. The molecule has 0 spiro atoms. The van der Waals surface area contributed by atoms with Gasteiger partial charge in [0.2, 0.25) is 0 Å². The van der Waals surface area contributed by atoms with E-state index in [9.17, 15) is 13.9 Å². The van der Waals surface area contributed by atoms with Crippen molar-refractivity contribution in [2.24, 2.45) is 5.16 Å². The van der Waals surface area contributed by atoms with Gasteiger partial charge in [0.1, 0.15) is 11.4 Å². The Morgan fingerprint density at radius 1 is 1.19 bits per heavy atom. The molecule has 9 heteroatoms. The number of nitrogens with zero attached hydrogens (tertiary/aromatic N) is 4. The molecule has 2 aliphatic heterocycles. The van der Waals surface area contributed by atoms with Crippen LogP contribution in [0, 0.1) is 25.5 Å². The predicted molar refractivity (Wildman–Crippen MR) is 136 cm³/mol. The lowest BCUT2D eigenvalue weighted by molar-refractivity contribution is -0.220. The monoisotopic (exact) mass is 508 g/mol. The number of hydrogen-bond donors (Lipinski definition) is 1. The predicted octanol–water partition coefficient (Wildman–Crippen LogP) is 5.22. The molecule has 7 nitrogen and oxygen atoms in total. The molecule has 1 saturated heterocycles. The molecule has 0 bridgehead atoms. The van der Waals surface area contributed by atoms with E-state index in [1.54, 1.807) is 27.3 Å². The number of piperidine rings is 1. The van der Waals surface area contributed by atoms with Gasteiger partial charge in [-0.15, -0.1) is 0 Å². The van der Waals surface area contributed by atoms with Crippen LogP contribution in [0.25, 0.3) is 11.8 Å². The number of aromatic nitrogens is 2. The summed E-state index contributed by atoms with van der Waals surface area (Å²) in [7, 11) is 1.62. The molecular formula is C28H30F2N4O3. The Kier molecular flexibility index (Phi) is 6.06. The minimum atomic E-state index is -1.51. The summed E-state index contributed by atoms with van der Waals surface area (Å²) >= 11 is 0. The minimum Gasteiger partial charge on any atom is -0.495 e. The minimum absolute atomic E-state index is 0.128. The van der Waals surface area contributed by atoms with Crippen LogP contribution in [0.1, 0.15) is 49.1 Å². The van der Waals surface area contributed by atoms with E-state index in [1.165, 1.54) is 13.0 Å². The number of imidazole rings is 1. The van der Waals surface area contributed by atoms with E-state index >= 15 is 0 Å². The fourth-order valence-electron chi connectivity index (χ4n) is 5.21. The molecule has 2 aromatic carbocycles. The van der Waals surface area contributed by atoms with Gasteiger partial charge in [0.25, 0.3) is 5.72 Å². The molecule has 5 rings (SSSR count). The van der Waals surface area contributed by atoms with E-state index in [1.807, 2.05) is 46.9 Å². The van der Waals surface area contributed by atoms with Gasteiger partial charge in [-0.3, -0.25) is 0 Å². The molecule has 1 unspecified atom stereocenters. The molecule has 0 radical (unpaired) electrons. The Hall–Kier alpha value is -3.72. The van der Waals surface area contributed by atoms with Crippen molar-refractivity contribution in [3.63, 3.8) is 0 Å². The largest absolute Gasteiger partial charge is 0.495 e. The number of aryl methyl sites for hydroxylation is 2. The lowest BCUT2D eigenvalue weighted by atomic mass is 9.83. The van der Waals surface area contributed by atoms with Gasteiger partial charge in [0, 0.05) is 18.3 Å². The highest BCUT2D eigenvalue weighted by molar-refractivity contribution is 6.03. The Morgan fingerprint density at radius 3 is 2.62 bits per heavy atom. The average Bonchev–Trinajstić information content (AvgIpc) is 3.47. The fourth-order valence-corrected chi connectivity index (χ4v) is 5.21. The molecule has 1 N–H and O–H groups in total. The summed E-state index contributed by atoms with van der Waals surface area (Å²) in [5.41, 5.74) is 1.01. The number of halogens is 2. The molecule has 0 amide bonds. The topological polar surface area (TPSA) is 72.1 Å². The number of aliphatic hydroxyl groups is 1. The summed E-state index contributed by atoms with van der Waals surface area (Å²) < 4.78 is 36.1. The lowest BCUT2D eigenvalue weighted by Crippen LogP contribution is -2.60. The van der Waals surface area contributed by atoms with Crippen molar-refractivity contribution in [1.82, 2.24) is 14.5 Å². The van der Waals surface area contributed by atoms with Crippen LogP contribution in [-0.2, 0) is 10.6 Å². The molecule has 37 heavy (non-hydrogen) atoms. The molecule has 1 fully saturated rings. The SMILES string of the molecule is COc1cc(C=C2CCCN3C2=NOC3(c2cc(C)c(F)c(F)c2)C(C)(C)O)ccc1-n1cnc(C)c1. The van der Waals surface area contributed by atoms with Crippen LogP contribution >= 0.6 is 0 Å². The van der Waals surface area contributed by atoms with Gasteiger partial charge in [0.15, 0.2) is 17.5 Å². The molecule has 3 aromatic rings. The summed E-state index contributed by atoms with van der Waals surface area (Å²) in [6, 6.07) is 8.48. The van der Waals surface area contributed by atoms with Gasteiger partial charge in [0.05, 0.1) is 24.8 Å². The van der Waals surface area contributed by atoms with Crippen molar-refractivity contribution >= 4 is 11.9 Å². The summed E-state index contributed by atoms with van der Waals surface area (Å²) in [5.74, 6) is -0.670. The van der Waals surface area contributed by atoms with E-state index in [4.69, 9.17) is 9.57 Å². The average molecular weight is 509 g/mol. The number of amidine groups is 1. The third-order valence-corrected chi connectivity index (χ3v) is 6.98. The van der Waals surface area contributed by atoms with Crippen LogP contribution in [0.4, 0.5) is 8.78 Å². The number of fused-ring (bicyclic) bond motifs is 1. The first-order valence-electron chi connectivity index (χ1n) is 12.2. The van der Waals surface area contributed by atoms with Crippen LogP contribution in [0.3, 0.4) is 0 Å². The maximum Gasteiger partial charge on any atom is 0.265 e. The standard InChI is InChI=1S/C28H30F2N4O3/c1-17-11-21(14-22(29)25(17)30)28(27(3,4)35)34-10-6-7-20(26(34)32-37-28)12-19-8-9-23(24(13-19)36-5)33-15-18(2)31-16-33/h8-9,11-16,35H,6-7,10H2,1-5H3. The van der Waals surface area contributed by atoms with Gasteiger partial charge >= 0.3 is 0 Å². The highest BCUT2D eigenvalue weighted by atomic mass is 19.2. The maximum atomic E-state index is 14.5. The molecule has 1 aromatic heterocycles. The van der Waals surface area contributed by atoms with Gasteiger partial charge in [-0.25, -0.2) is 13.8 Å². The van der Waals surface area contributed by atoms with Crippen LogP contribution in [-0.4, -0.2) is 44.6 Å². The molecular weight excluding hydrogens is 478 g/mol. The summed E-state index contributed by atoms with van der Waals surface area (Å²) in [4.78, 5) is 12.1. The fraction of sp³-hybridized carbons (Fsp3) is 0.357. The second kappa shape index (κ2) is 8.99. The van der Waals surface area contributed by atoms with Crippen molar-refractivity contribution in [2.45, 2.75) is 51.9 Å². The molecule has 0 aliphatic carbocycles. The summed E-state index contributed by atoms with van der Waals surface area (Å²) in [6.07, 6.45) is 7.18. The van der Waals surface area contributed by atoms with Gasteiger partial charge in [-0.2, -0.15) is 0 Å². The second-order valence-electron chi connectivity index (χ2n) is 10.1. The Balaban J connectivity index is 1.54. The molecule has 3 heterocycles. The number of ether oxygens (including phenoxy) is 1. The Labute approximate surface area is 214 Å². The van der Waals surface area contributed by atoms with Crippen molar-refractivity contribution in [3.05, 3.63) is 82.4 Å². The van der Waals surface area contributed by atoms with Gasteiger partial charge in [-0.05, 0) is 87.6 Å². The summed E-state index contributed by atoms with van der Waals surface area (Å²) in [5, 5.41) is 15.7. The number of methoxy groups -OCH3 is 1. The zero-order valence-electron chi connectivity index (χ0n) is 21.5. The Bertz CT molecular complexity index is 1400. The van der Waals surface area contributed by atoms with E-state index in [2.05, 4.69) is 10.1 Å². The van der Waals surface area contributed by atoms with Crippen LogP contribution in [0.5, 0.6) is 5.75 Å².